The summed E-state index contributed by atoms with van der Waals surface area (Å²) in [7, 11) is 0. The highest BCUT2D eigenvalue weighted by Crippen LogP contribution is 2.38. The fraction of sp³-hybridized carbons (Fsp3) is 0.500. The maximum Gasteiger partial charge on any atom is 0.392 e. The number of hydrogen-bond acceptors (Lipinski definition) is 2. The van der Waals surface area contributed by atoms with Crippen LogP contribution in [0.25, 0.3) is 0 Å². The minimum atomic E-state index is -4.24. The van der Waals surface area contributed by atoms with Gasteiger partial charge in [-0.1, -0.05) is 0 Å². The Balaban J connectivity index is 2.27. The van der Waals surface area contributed by atoms with E-state index in [9.17, 15) is 18.0 Å². The van der Waals surface area contributed by atoms with E-state index >= 15 is 0 Å². The van der Waals surface area contributed by atoms with Crippen LogP contribution in [0.5, 0.6) is 0 Å². The third-order valence-corrected chi connectivity index (χ3v) is 2.85. The van der Waals surface area contributed by atoms with E-state index in [0.29, 0.717) is 5.56 Å². The topological polar surface area (TPSA) is 50.4 Å². The molecule has 1 N–H and O–H groups in total. The number of carboxylic acids is 1. The molecule has 0 spiro atoms. The zero-order chi connectivity index (χ0) is 11.9. The van der Waals surface area contributed by atoms with Crippen molar-refractivity contribution < 1.29 is 27.5 Å². The Bertz CT molecular complexity index is 419. The van der Waals surface area contributed by atoms with E-state index < -0.39 is 18.1 Å². The second-order valence-electron chi connectivity index (χ2n) is 3.84. The predicted molar refractivity (Wildman–Crippen MR) is 47.2 cm³/mol. The maximum atomic E-state index is 12.4. The second kappa shape index (κ2) is 3.54. The minimum absolute atomic E-state index is 0.0179. The lowest BCUT2D eigenvalue weighted by atomic mass is 9.86. The van der Waals surface area contributed by atoms with Gasteiger partial charge in [-0.3, -0.25) is 0 Å². The van der Waals surface area contributed by atoms with E-state index in [4.69, 9.17) is 9.52 Å². The molecule has 1 aromatic heterocycles. The van der Waals surface area contributed by atoms with Gasteiger partial charge in [-0.25, -0.2) is 4.79 Å². The fourth-order valence-electron chi connectivity index (χ4n) is 1.97. The van der Waals surface area contributed by atoms with Gasteiger partial charge < -0.3 is 9.52 Å². The first kappa shape index (κ1) is 11.0. The third kappa shape index (κ3) is 1.79. The molecule has 0 saturated heterocycles. The lowest BCUT2D eigenvalue weighted by molar-refractivity contribution is -0.178. The second-order valence-corrected chi connectivity index (χ2v) is 3.84. The minimum Gasteiger partial charge on any atom is -0.478 e. The van der Waals surface area contributed by atoms with E-state index in [1.807, 2.05) is 0 Å². The number of fused-ring (bicyclic) bond motifs is 1. The monoisotopic (exact) mass is 234 g/mol. The Morgan fingerprint density at radius 3 is 2.75 bits per heavy atom. The van der Waals surface area contributed by atoms with Gasteiger partial charge in [-0.2, -0.15) is 13.2 Å². The number of halogens is 3. The summed E-state index contributed by atoms with van der Waals surface area (Å²) in [5.74, 6) is -2.42. The summed E-state index contributed by atoms with van der Waals surface area (Å²) in [6.07, 6.45) is -3.44. The molecule has 88 valence electrons. The van der Waals surface area contributed by atoms with Crippen LogP contribution in [0.15, 0.2) is 10.7 Å². The summed E-state index contributed by atoms with van der Waals surface area (Å²) in [6, 6.07) is 0. The number of rotatable bonds is 1. The smallest absolute Gasteiger partial charge is 0.392 e. The molecule has 0 bridgehead atoms. The van der Waals surface area contributed by atoms with Crippen molar-refractivity contribution in [3.05, 3.63) is 23.2 Å². The van der Waals surface area contributed by atoms with Gasteiger partial charge in [-0.15, -0.1) is 0 Å². The molecule has 16 heavy (non-hydrogen) atoms. The summed E-state index contributed by atoms with van der Waals surface area (Å²) in [5.41, 5.74) is 0.392. The molecule has 1 aromatic rings. The largest absolute Gasteiger partial charge is 0.478 e. The van der Waals surface area contributed by atoms with Crippen molar-refractivity contribution in [2.24, 2.45) is 5.92 Å². The summed E-state index contributed by atoms with van der Waals surface area (Å²) < 4.78 is 42.2. The van der Waals surface area contributed by atoms with Gasteiger partial charge in [0.25, 0.3) is 0 Å². The Morgan fingerprint density at radius 1 is 1.50 bits per heavy atom. The zero-order valence-electron chi connectivity index (χ0n) is 8.17. The molecule has 2 rings (SSSR count). The summed E-state index contributed by atoms with van der Waals surface area (Å²) in [5, 5.41) is 8.77. The first-order chi connectivity index (χ1) is 7.39. The quantitative estimate of drug-likeness (QED) is 0.812. The van der Waals surface area contributed by atoms with Crippen molar-refractivity contribution in [1.29, 1.82) is 0 Å². The van der Waals surface area contributed by atoms with Gasteiger partial charge in [0.05, 0.1) is 5.92 Å². The molecule has 6 heteroatoms. The number of carbonyl (C=O) groups is 1. The molecule has 0 unspecified atom stereocenters. The zero-order valence-corrected chi connectivity index (χ0v) is 8.17. The highest BCUT2D eigenvalue weighted by molar-refractivity contribution is 5.89. The van der Waals surface area contributed by atoms with Crippen molar-refractivity contribution >= 4 is 5.97 Å². The lowest BCUT2D eigenvalue weighted by Crippen LogP contribution is -2.28. The molecule has 0 saturated carbocycles. The normalized spacial score (nSPS) is 20.6. The van der Waals surface area contributed by atoms with E-state index in [1.54, 1.807) is 0 Å². The maximum absolute atomic E-state index is 12.4. The van der Waals surface area contributed by atoms with Gasteiger partial charge in [-0.05, 0) is 12.8 Å². The van der Waals surface area contributed by atoms with Crippen molar-refractivity contribution in [2.45, 2.75) is 25.4 Å². The van der Waals surface area contributed by atoms with Crippen molar-refractivity contribution in [3.8, 4) is 0 Å². The van der Waals surface area contributed by atoms with Crippen LogP contribution in [0.3, 0.4) is 0 Å². The molecular weight excluding hydrogens is 225 g/mol. The number of furan rings is 1. The van der Waals surface area contributed by atoms with Crippen LogP contribution in [0.1, 0.15) is 28.1 Å². The molecule has 0 aliphatic heterocycles. The van der Waals surface area contributed by atoms with Crippen molar-refractivity contribution in [2.75, 3.05) is 0 Å². The van der Waals surface area contributed by atoms with Crippen molar-refractivity contribution in [1.82, 2.24) is 0 Å². The standard InChI is InChI=1S/C10H9F3O3/c11-10(12,13)5-1-2-6-7(9(14)15)4-16-8(6)3-5/h4-5H,1-3H2,(H,14,15)/t5-/m0/s1. The number of hydrogen-bond donors (Lipinski definition) is 1. The molecule has 1 heterocycles. The number of carboxylic acid groups (broad SMARTS) is 1. The van der Waals surface area contributed by atoms with Gasteiger partial charge in [0, 0.05) is 12.0 Å². The molecule has 3 nitrogen and oxygen atoms in total. The van der Waals surface area contributed by atoms with Crippen LogP contribution in [-0.4, -0.2) is 17.3 Å². The van der Waals surface area contributed by atoms with Crippen LogP contribution in [0.2, 0.25) is 0 Å². The molecule has 0 radical (unpaired) electrons. The summed E-state index contributed by atoms with van der Waals surface area (Å²) >= 11 is 0. The van der Waals surface area contributed by atoms with E-state index in [-0.39, 0.29) is 30.6 Å². The molecule has 0 aromatic carbocycles. The highest BCUT2D eigenvalue weighted by atomic mass is 19.4. The van der Waals surface area contributed by atoms with Gasteiger partial charge >= 0.3 is 12.1 Å². The first-order valence-electron chi connectivity index (χ1n) is 4.79. The highest BCUT2D eigenvalue weighted by Gasteiger charge is 2.42. The molecular formula is C10H9F3O3. The molecule has 1 aliphatic carbocycles. The van der Waals surface area contributed by atoms with Gasteiger partial charge in [0.2, 0.25) is 0 Å². The van der Waals surface area contributed by atoms with Crippen molar-refractivity contribution in [3.63, 3.8) is 0 Å². The molecule has 0 fully saturated rings. The SMILES string of the molecule is O=C(O)c1coc2c1CC[C@H](C(F)(F)F)C2. The van der Waals surface area contributed by atoms with Gasteiger partial charge in [0.15, 0.2) is 0 Å². The first-order valence-corrected chi connectivity index (χ1v) is 4.79. The van der Waals surface area contributed by atoms with Crippen LogP contribution >= 0.6 is 0 Å². The van der Waals surface area contributed by atoms with Crippen LogP contribution in [0.4, 0.5) is 13.2 Å². The lowest BCUT2D eigenvalue weighted by Gasteiger charge is -2.23. The van der Waals surface area contributed by atoms with Crippen LogP contribution < -0.4 is 0 Å². The Hall–Kier alpha value is -1.46. The average molecular weight is 234 g/mol. The Labute approximate surface area is 88.9 Å². The number of aromatic carboxylic acids is 1. The fourth-order valence-corrected chi connectivity index (χ4v) is 1.97. The Morgan fingerprint density at radius 2 is 2.19 bits per heavy atom. The third-order valence-electron chi connectivity index (χ3n) is 2.85. The van der Waals surface area contributed by atoms with E-state index in [0.717, 1.165) is 6.26 Å². The molecule has 0 amide bonds. The van der Waals surface area contributed by atoms with Crippen LogP contribution in [0, 0.1) is 5.92 Å². The van der Waals surface area contributed by atoms with Gasteiger partial charge in [0.1, 0.15) is 17.6 Å². The molecule has 1 aliphatic rings. The summed E-state index contributed by atoms with van der Waals surface area (Å²) in [6.45, 7) is 0. The average Bonchev–Trinajstić information content (AvgIpc) is 2.58. The number of alkyl halides is 3. The van der Waals surface area contributed by atoms with E-state index in [2.05, 4.69) is 0 Å². The van der Waals surface area contributed by atoms with Crippen LogP contribution in [-0.2, 0) is 12.8 Å². The predicted octanol–water partition coefficient (Wildman–Crippen LogP) is 2.65. The summed E-state index contributed by atoms with van der Waals surface area (Å²) in [4.78, 5) is 10.7. The molecule has 1 atom stereocenters. The van der Waals surface area contributed by atoms with E-state index in [1.165, 1.54) is 0 Å². The Kier molecular flexibility index (Phi) is 2.44.